The van der Waals surface area contributed by atoms with Crippen LogP contribution in [0.3, 0.4) is 0 Å². The summed E-state index contributed by atoms with van der Waals surface area (Å²) in [6, 6.07) is 0.896. The molecule has 0 bridgehead atoms. The molecule has 1 amide bonds. The summed E-state index contributed by atoms with van der Waals surface area (Å²) in [5.41, 5.74) is -3.49. The van der Waals surface area contributed by atoms with Crippen LogP contribution in [0.15, 0.2) is 18.2 Å². The number of halogens is 6. The Kier molecular flexibility index (Phi) is 5.42. The van der Waals surface area contributed by atoms with E-state index in [1.165, 1.54) is 4.90 Å². The van der Waals surface area contributed by atoms with Crippen LogP contribution < -0.4 is 0 Å². The molecule has 9 heteroatoms. The molecular weight excluding hydrogens is 374 g/mol. The van der Waals surface area contributed by atoms with Gasteiger partial charge in [-0.15, -0.1) is 0 Å². The van der Waals surface area contributed by atoms with Crippen LogP contribution in [-0.2, 0) is 12.4 Å². The van der Waals surface area contributed by atoms with Gasteiger partial charge in [-0.3, -0.25) is 4.79 Å². The number of likely N-dealkylation sites (tertiary alicyclic amines) is 2. The van der Waals surface area contributed by atoms with Crippen molar-refractivity contribution in [1.82, 2.24) is 9.80 Å². The van der Waals surface area contributed by atoms with E-state index in [0.717, 1.165) is 25.9 Å². The van der Waals surface area contributed by atoms with E-state index in [9.17, 15) is 31.1 Å². The number of carbonyl (C=O) groups is 1. The lowest BCUT2D eigenvalue weighted by atomic mass is 10.0. The molecule has 3 rings (SSSR count). The van der Waals surface area contributed by atoms with E-state index < -0.39 is 35.0 Å². The molecule has 1 atom stereocenters. The predicted molar refractivity (Wildman–Crippen MR) is 86.2 cm³/mol. The second kappa shape index (κ2) is 7.33. The van der Waals surface area contributed by atoms with Crippen LogP contribution in [-0.4, -0.2) is 47.9 Å². The Morgan fingerprint density at radius 3 is 1.96 bits per heavy atom. The van der Waals surface area contributed by atoms with Crippen LogP contribution in [0.5, 0.6) is 0 Å². The number of amides is 1. The maximum absolute atomic E-state index is 13.0. The van der Waals surface area contributed by atoms with Gasteiger partial charge >= 0.3 is 12.4 Å². The molecule has 3 nitrogen and oxygen atoms in total. The Morgan fingerprint density at radius 2 is 1.44 bits per heavy atom. The number of hydrogen-bond donors (Lipinski definition) is 0. The van der Waals surface area contributed by atoms with E-state index in [0.29, 0.717) is 38.1 Å². The van der Waals surface area contributed by atoms with Gasteiger partial charge in [0.2, 0.25) is 0 Å². The van der Waals surface area contributed by atoms with Crippen molar-refractivity contribution in [3.63, 3.8) is 0 Å². The average molecular weight is 394 g/mol. The molecule has 0 aliphatic carbocycles. The summed E-state index contributed by atoms with van der Waals surface area (Å²) in [6.07, 6.45) is -6.42. The van der Waals surface area contributed by atoms with Crippen molar-refractivity contribution in [1.29, 1.82) is 0 Å². The fourth-order valence-electron chi connectivity index (χ4n) is 3.80. The van der Waals surface area contributed by atoms with E-state index in [4.69, 9.17) is 0 Å². The van der Waals surface area contributed by atoms with Crippen molar-refractivity contribution >= 4 is 5.91 Å². The minimum atomic E-state index is -4.96. The highest BCUT2D eigenvalue weighted by Gasteiger charge is 2.39. The molecule has 0 saturated carbocycles. The van der Waals surface area contributed by atoms with Gasteiger partial charge in [-0.2, -0.15) is 26.3 Å². The molecule has 0 aromatic heterocycles. The summed E-state index contributed by atoms with van der Waals surface area (Å²) in [6.45, 7) is 2.76. The van der Waals surface area contributed by atoms with Gasteiger partial charge in [-0.1, -0.05) is 0 Å². The second-order valence-corrected chi connectivity index (χ2v) is 7.10. The van der Waals surface area contributed by atoms with Gasteiger partial charge in [0.05, 0.1) is 11.1 Å². The third-order valence-corrected chi connectivity index (χ3v) is 5.14. The minimum Gasteiger partial charge on any atom is -0.334 e. The fraction of sp³-hybridized carbons (Fsp3) is 0.611. The largest absolute Gasteiger partial charge is 0.416 e. The number of hydrogen-bond acceptors (Lipinski definition) is 2. The Morgan fingerprint density at radius 1 is 0.889 bits per heavy atom. The van der Waals surface area contributed by atoms with Crippen LogP contribution >= 0.6 is 0 Å². The van der Waals surface area contributed by atoms with Gasteiger partial charge in [0.25, 0.3) is 5.91 Å². The zero-order valence-corrected chi connectivity index (χ0v) is 14.5. The lowest BCUT2D eigenvalue weighted by Crippen LogP contribution is -2.42. The molecule has 2 heterocycles. The van der Waals surface area contributed by atoms with Crippen molar-refractivity contribution < 1.29 is 31.1 Å². The molecule has 0 radical (unpaired) electrons. The van der Waals surface area contributed by atoms with Crippen LogP contribution in [0.2, 0.25) is 0 Å². The second-order valence-electron chi connectivity index (χ2n) is 7.10. The molecule has 2 fully saturated rings. The third-order valence-electron chi connectivity index (χ3n) is 5.14. The van der Waals surface area contributed by atoms with Crippen LogP contribution in [0.25, 0.3) is 0 Å². The van der Waals surface area contributed by atoms with Crippen molar-refractivity contribution in [2.45, 2.75) is 44.1 Å². The van der Waals surface area contributed by atoms with Crippen molar-refractivity contribution in [2.24, 2.45) is 0 Å². The summed E-state index contributed by atoms with van der Waals surface area (Å²) >= 11 is 0. The smallest absolute Gasteiger partial charge is 0.334 e. The third kappa shape index (κ3) is 4.56. The van der Waals surface area contributed by atoms with E-state index >= 15 is 0 Å². The van der Waals surface area contributed by atoms with Gasteiger partial charge < -0.3 is 9.80 Å². The maximum atomic E-state index is 13.0. The highest BCUT2D eigenvalue weighted by atomic mass is 19.4. The van der Waals surface area contributed by atoms with E-state index in [-0.39, 0.29) is 12.1 Å². The molecule has 2 aliphatic heterocycles. The first-order valence-electron chi connectivity index (χ1n) is 8.88. The molecule has 150 valence electrons. The number of benzene rings is 1. The first kappa shape index (κ1) is 20.0. The highest BCUT2D eigenvalue weighted by Crippen LogP contribution is 2.37. The first-order chi connectivity index (χ1) is 12.6. The normalized spacial score (nSPS) is 21.9. The zero-order chi connectivity index (χ0) is 19.8. The fourth-order valence-corrected chi connectivity index (χ4v) is 3.80. The summed E-state index contributed by atoms with van der Waals surface area (Å²) in [7, 11) is 0. The van der Waals surface area contributed by atoms with Gasteiger partial charge in [0.15, 0.2) is 0 Å². The SMILES string of the molecule is O=C(c1cc(C(F)(F)F)cc(C(F)(F)F)c1)N1CCC[C@@H]1CN1CCCC1. The van der Waals surface area contributed by atoms with Crippen LogP contribution in [0, 0.1) is 0 Å². The molecule has 1 aromatic carbocycles. The molecule has 2 saturated heterocycles. The Labute approximate surface area is 152 Å². The summed E-state index contributed by atoms with van der Waals surface area (Å²) in [5.74, 6) is -0.770. The summed E-state index contributed by atoms with van der Waals surface area (Å²) in [4.78, 5) is 16.4. The van der Waals surface area contributed by atoms with Gasteiger partial charge in [-0.05, 0) is 57.0 Å². The summed E-state index contributed by atoms with van der Waals surface area (Å²) in [5, 5.41) is 0. The number of alkyl halides is 6. The summed E-state index contributed by atoms with van der Waals surface area (Å²) < 4.78 is 78.2. The van der Waals surface area contributed by atoms with Crippen molar-refractivity contribution in [3.05, 3.63) is 34.9 Å². The Balaban J connectivity index is 1.88. The molecule has 0 unspecified atom stereocenters. The van der Waals surface area contributed by atoms with Crippen LogP contribution in [0.4, 0.5) is 26.3 Å². The number of rotatable bonds is 3. The molecule has 2 aliphatic rings. The Hall–Kier alpha value is -1.77. The number of carbonyl (C=O) groups excluding carboxylic acids is 1. The first-order valence-corrected chi connectivity index (χ1v) is 8.88. The maximum Gasteiger partial charge on any atom is 0.416 e. The molecule has 27 heavy (non-hydrogen) atoms. The van der Waals surface area contributed by atoms with Crippen molar-refractivity contribution in [2.75, 3.05) is 26.2 Å². The lowest BCUT2D eigenvalue weighted by Gasteiger charge is -2.29. The molecule has 0 N–H and O–H groups in total. The monoisotopic (exact) mass is 394 g/mol. The van der Waals surface area contributed by atoms with Gasteiger partial charge in [0.1, 0.15) is 0 Å². The highest BCUT2D eigenvalue weighted by molar-refractivity contribution is 5.95. The topological polar surface area (TPSA) is 23.6 Å². The molecule has 1 aromatic rings. The lowest BCUT2D eigenvalue weighted by molar-refractivity contribution is -0.143. The minimum absolute atomic E-state index is 0.0441. The van der Waals surface area contributed by atoms with E-state index in [1.807, 2.05) is 0 Å². The molecular formula is C18H20F6N2O. The average Bonchev–Trinajstić information content (AvgIpc) is 3.24. The van der Waals surface area contributed by atoms with E-state index in [1.54, 1.807) is 0 Å². The predicted octanol–water partition coefficient (Wildman–Crippen LogP) is 4.42. The van der Waals surface area contributed by atoms with Crippen LogP contribution in [0.1, 0.15) is 47.2 Å². The number of nitrogens with zero attached hydrogens (tertiary/aromatic N) is 2. The standard InChI is InChI=1S/C18H20F6N2O/c19-17(20,21)13-8-12(9-14(10-13)18(22,23)24)16(27)26-7-3-4-15(26)11-25-5-1-2-6-25/h8-10,15H,1-7,11H2/t15-/m1/s1. The zero-order valence-electron chi connectivity index (χ0n) is 14.5. The van der Waals surface area contributed by atoms with Gasteiger partial charge in [0, 0.05) is 24.7 Å². The Bertz CT molecular complexity index is 662. The molecule has 0 spiro atoms. The van der Waals surface area contributed by atoms with Gasteiger partial charge in [-0.25, -0.2) is 0 Å². The van der Waals surface area contributed by atoms with E-state index in [2.05, 4.69) is 4.90 Å². The van der Waals surface area contributed by atoms with Crippen molar-refractivity contribution in [3.8, 4) is 0 Å². The quantitative estimate of drug-likeness (QED) is 0.709.